The fourth-order valence-electron chi connectivity index (χ4n) is 4.01. The zero-order chi connectivity index (χ0) is 18.4. The average molecular weight is 358 g/mol. The van der Waals surface area contributed by atoms with Crippen LogP contribution in [-0.2, 0) is 16.1 Å². The number of likely N-dealkylation sites (tertiary alicyclic amines) is 1. The van der Waals surface area contributed by atoms with Gasteiger partial charge in [0.15, 0.2) is 0 Å². The molecule has 2 aromatic rings. The van der Waals surface area contributed by atoms with Crippen LogP contribution in [0.2, 0.25) is 0 Å². The van der Waals surface area contributed by atoms with Crippen LogP contribution in [0.5, 0.6) is 0 Å². The molecule has 5 nitrogen and oxygen atoms in total. The SMILES string of the molecule is CCOCCn1cc(C2CCN(CCCC(=O)O)CC2)c2ccccc21. The third-order valence-electron chi connectivity index (χ3n) is 5.39. The van der Waals surface area contributed by atoms with Crippen LogP contribution in [0.1, 0.15) is 44.1 Å². The van der Waals surface area contributed by atoms with E-state index >= 15 is 0 Å². The van der Waals surface area contributed by atoms with Gasteiger partial charge in [0.05, 0.1) is 6.61 Å². The van der Waals surface area contributed by atoms with Crippen LogP contribution in [0.15, 0.2) is 30.5 Å². The third-order valence-corrected chi connectivity index (χ3v) is 5.39. The Bertz CT molecular complexity index is 717. The van der Waals surface area contributed by atoms with Crippen LogP contribution in [0.3, 0.4) is 0 Å². The maximum Gasteiger partial charge on any atom is 0.303 e. The first-order valence-corrected chi connectivity index (χ1v) is 9.78. The summed E-state index contributed by atoms with van der Waals surface area (Å²) in [5.41, 5.74) is 2.76. The van der Waals surface area contributed by atoms with Gasteiger partial charge in [-0.25, -0.2) is 0 Å². The van der Waals surface area contributed by atoms with E-state index in [0.717, 1.165) is 58.7 Å². The Kier molecular flexibility index (Phi) is 6.69. The van der Waals surface area contributed by atoms with E-state index in [9.17, 15) is 4.79 Å². The highest BCUT2D eigenvalue weighted by atomic mass is 16.5. The number of piperidine rings is 1. The predicted molar refractivity (Wildman–Crippen MR) is 104 cm³/mol. The van der Waals surface area contributed by atoms with Crippen molar-refractivity contribution in [2.24, 2.45) is 0 Å². The summed E-state index contributed by atoms with van der Waals surface area (Å²) in [6.45, 7) is 7.44. The Labute approximate surface area is 155 Å². The van der Waals surface area contributed by atoms with E-state index < -0.39 is 5.97 Å². The van der Waals surface area contributed by atoms with Gasteiger partial charge < -0.3 is 19.3 Å². The van der Waals surface area contributed by atoms with Crippen LogP contribution in [0.4, 0.5) is 0 Å². The zero-order valence-corrected chi connectivity index (χ0v) is 15.7. The second-order valence-corrected chi connectivity index (χ2v) is 7.11. The molecule has 2 heterocycles. The number of fused-ring (bicyclic) bond motifs is 1. The number of ether oxygens (including phenoxy) is 1. The van der Waals surface area contributed by atoms with Gasteiger partial charge in [-0.05, 0) is 63.4 Å². The van der Waals surface area contributed by atoms with Crippen LogP contribution < -0.4 is 0 Å². The smallest absolute Gasteiger partial charge is 0.303 e. The number of rotatable bonds is 9. The molecule has 0 amide bonds. The second kappa shape index (κ2) is 9.19. The van der Waals surface area contributed by atoms with Crippen LogP contribution in [-0.4, -0.2) is 53.4 Å². The first-order valence-electron chi connectivity index (χ1n) is 9.78. The molecule has 0 saturated carbocycles. The lowest BCUT2D eigenvalue weighted by molar-refractivity contribution is -0.137. The van der Waals surface area contributed by atoms with Gasteiger partial charge in [0, 0.05) is 36.7 Å². The van der Waals surface area contributed by atoms with Crippen molar-refractivity contribution in [3.63, 3.8) is 0 Å². The number of hydrogen-bond acceptors (Lipinski definition) is 3. The van der Waals surface area contributed by atoms with Gasteiger partial charge in [-0.15, -0.1) is 0 Å². The molecule has 0 spiro atoms. The molecule has 1 saturated heterocycles. The van der Waals surface area contributed by atoms with Gasteiger partial charge in [0.2, 0.25) is 0 Å². The zero-order valence-electron chi connectivity index (χ0n) is 15.7. The topological polar surface area (TPSA) is 54.7 Å². The Morgan fingerprint density at radius 3 is 2.73 bits per heavy atom. The van der Waals surface area contributed by atoms with Crippen LogP contribution in [0.25, 0.3) is 10.9 Å². The number of hydrogen-bond donors (Lipinski definition) is 1. The van der Waals surface area contributed by atoms with Crippen molar-refractivity contribution in [2.75, 3.05) is 32.8 Å². The van der Waals surface area contributed by atoms with E-state index in [1.165, 1.54) is 16.5 Å². The minimum atomic E-state index is -0.695. The van der Waals surface area contributed by atoms with Crippen molar-refractivity contribution in [3.05, 3.63) is 36.0 Å². The fourth-order valence-corrected chi connectivity index (χ4v) is 4.01. The highest BCUT2D eigenvalue weighted by Crippen LogP contribution is 2.34. The van der Waals surface area contributed by atoms with Gasteiger partial charge in [-0.1, -0.05) is 18.2 Å². The maximum atomic E-state index is 10.7. The van der Waals surface area contributed by atoms with E-state index in [1.807, 2.05) is 6.92 Å². The van der Waals surface area contributed by atoms with E-state index in [4.69, 9.17) is 9.84 Å². The van der Waals surface area contributed by atoms with E-state index in [1.54, 1.807) is 0 Å². The summed E-state index contributed by atoms with van der Waals surface area (Å²) in [5.74, 6) is -0.108. The largest absolute Gasteiger partial charge is 0.481 e. The number of benzene rings is 1. The molecule has 1 aliphatic rings. The van der Waals surface area contributed by atoms with Crippen molar-refractivity contribution in [3.8, 4) is 0 Å². The van der Waals surface area contributed by atoms with Crippen molar-refractivity contribution in [1.82, 2.24) is 9.47 Å². The fraction of sp³-hybridized carbons (Fsp3) is 0.571. The molecule has 142 valence electrons. The molecule has 1 fully saturated rings. The summed E-state index contributed by atoms with van der Waals surface area (Å²) in [6, 6.07) is 8.67. The van der Waals surface area contributed by atoms with Gasteiger partial charge in [-0.2, -0.15) is 0 Å². The van der Waals surface area contributed by atoms with E-state index in [2.05, 4.69) is 39.9 Å². The molecule has 0 radical (unpaired) electrons. The first kappa shape index (κ1) is 18.9. The van der Waals surface area contributed by atoms with Crippen molar-refractivity contribution >= 4 is 16.9 Å². The number of carbonyl (C=O) groups is 1. The molecule has 1 aromatic heterocycles. The molecule has 0 bridgehead atoms. The standard InChI is InChI=1S/C21H30N2O3/c1-2-26-15-14-23-16-19(18-6-3-4-7-20(18)23)17-9-12-22(13-10-17)11-5-8-21(24)25/h3-4,6-7,16-17H,2,5,8-15H2,1H3,(H,24,25). The normalized spacial score (nSPS) is 16.3. The third kappa shape index (κ3) is 4.65. The molecule has 1 aromatic carbocycles. The summed E-state index contributed by atoms with van der Waals surface area (Å²) in [7, 11) is 0. The van der Waals surface area contributed by atoms with Gasteiger partial charge in [0.25, 0.3) is 0 Å². The highest BCUT2D eigenvalue weighted by molar-refractivity contribution is 5.84. The molecule has 5 heteroatoms. The number of carboxylic acid groups (broad SMARTS) is 1. The quantitative estimate of drug-likeness (QED) is 0.694. The lowest BCUT2D eigenvalue weighted by Gasteiger charge is -2.31. The average Bonchev–Trinajstić information content (AvgIpc) is 3.01. The monoisotopic (exact) mass is 358 g/mol. The van der Waals surface area contributed by atoms with Crippen LogP contribution >= 0.6 is 0 Å². The predicted octanol–water partition coefficient (Wildman–Crippen LogP) is 3.72. The second-order valence-electron chi connectivity index (χ2n) is 7.11. The minimum absolute atomic E-state index is 0.271. The first-order chi connectivity index (χ1) is 12.7. The molecule has 26 heavy (non-hydrogen) atoms. The van der Waals surface area contributed by atoms with E-state index in [-0.39, 0.29) is 6.42 Å². The minimum Gasteiger partial charge on any atom is -0.481 e. The van der Waals surface area contributed by atoms with E-state index in [0.29, 0.717) is 5.92 Å². The Morgan fingerprint density at radius 2 is 2.00 bits per heavy atom. The highest BCUT2D eigenvalue weighted by Gasteiger charge is 2.23. The van der Waals surface area contributed by atoms with Gasteiger partial charge in [0.1, 0.15) is 0 Å². The molecular weight excluding hydrogens is 328 g/mol. The Balaban J connectivity index is 1.64. The maximum absolute atomic E-state index is 10.7. The summed E-state index contributed by atoms with van der Waals surface area (Å²) in [4.78, 5) is 13.1. The van der Waals surface area contributed by atoms with Crippen LogP contribution in [0, 0.1) is 0 Å². The molecule has 0 aliphatic carbocycles. The van der Waals surface area contributed by atoms with Crippen molar-refractivity contribution in [1.29, 1.82) is 0 Å². The summed E-state index contributed by atoms with van der Waals surface area (Å²) in [6.07, 6.45) is 5.64. The number of aromatic nitrogens is 1. The van der Waals surface area contributed by atoms with Gasteiger partial charge in [-0.3, -0.25) is 4.79 Å². The number of para-hydroxylation sites is 1. The Morgan fingerprint density at radius 1 is 1.23 bits per heavy atom. The molecule has 0 unspecified atom stereocenters. The summed E-state index contributed by atoms with van der Waals surface area (Å²) in [5, 5.41) is 10.2. The molecule has 1 N–H and O–H groups in total. The summed E-state index contributed by atoms with van der Waals surface area (Å²) < 4.78 is 7.87. The number of aliphatic carboxylic acids is 1. The molecular formula is C21H30N2O3. The van der Waals surface area contributed by atoms with Crippen molar-refractivity contribution < 1.29 is 14.6 Å². The lowest BCUT2D eigenvalue weighted by atomic mass is 9.89. The molecule has 3 rings (SSSR count). The van der Waals surface area contributed by atoms with Crippen molar-refractivity contribution in [2.45, 2.75) is 45.1 Å². The molecule has 0 atom stereocenters. The summed E-state index contributed by atoms with van der Waals surface area (Å²) >= 11 is 0. The number of carboxylic acids is 1. The number of nitrogens with zero attached hydrogens (tertiary/aromatic N) is 2. The lowest BCUT2D eigenvalue weighted by Crippen LogP contribution is -2.33. The van der Waals surface area contributed by atoms with Gasteiger partial charge >= 0.3 is 5.97 Å². The Hall–Kier alpha value is -1.85. The molecule has 1 aliphatic heterocycles.